The van der Waals surface area contributed by atoms with E-state index in [0.717, 1.165) is 30.4 Å². The van der Waals surface area contributed by atoms with E-state index in [1.165, 1.54) is 25.1 Å². The highest BCUT2D eigenvalue weighted by Crippen LogP contribution is 2.29. The molecule has 0 amide bonds. The van der Waals surface area contributed by atoms with Crippen molar-refractivity contribution >= 4 is 11.4 Å². The van der Waals surface area contributed by atoms with E-state index in [4.69, 9.17) is 10.5 Å². The Morgan fingerprint density at radius 3 is 2.53 bits per heavy atom. The van der Waals surface area contributed by atoms with Gasteiger partial charge in [0.1, 0.15) is 5.75 Å². The average molecular weight is 263 g/mol. The van der Waals surface area contributed by atoms with Crippen LogP contribution < -0.4 is 15.4 Å². The van der Waals surface area contributed by atoms with Gasteiger partial charge in [-0.1, -0.05) is 0 Å². The summed E-state index contributed by atoms with van der Waals surface area (Å²) in [7, 11) is 5.98. The molecule has 1 aliphatic rings. The van der Waals surface area contributed by atoms with Gasteiger partial charge in [-0.3, -0.25) is 0 Å². The molecule has 1 heterocycles. The maximum atomic E-state index is 5.92. The normalized spacial score (nSPS) is 16.9. The zero-order chi connectivity index (χ0) is 13.8. The van der Waals surface area contributed by atoms with Gasteiger partial charge in [0, 0.05) is 43.1 Å². The molecule has 0 saturated carbocycles. The summed E-state index contributed by atoms with van der Waals surface area (Å²) in [6, 6.07) is 5.97. The highest BCUT2D eigenvalue weighted by atomic mass is 16.5. The number of nitrogen functional groups attached to an aromatic ring is 1. The number of nitrogens with two attached hydrogens (primary N) is 1. The first-order valence-electron chi connectivity index (χ1n) is 6.92. The quantitative estimate of drug-likeness (QED) is 0.844. The van der Waals surface area contributed by atoms with Crippen LogP contribution in [0.15, 0.2) is 18.2 Å². The van der Waals surface area contributed by atoms with Gasteiger partial charge in [0.05, 0.1) is 7.11 Å². The molecule has 0 aliphatic carbocycles. The van der Waals surface area contributed by atoms with Crippen molar-refractivity contribution in [3.8, 4) is 5.75 Å². The summed E-state index contributed by atoms with van der Waals surface area (Å²) in [5.41, 5.74) is 7.87. The number of nitrogens with zero attached hydrogens (tertiary/aromatic N) is 2. The van der Waals surface area contributed by atoms with Gasteiger partial charge in [-0.15, -0.1) is 0 Å². The Morgan fingerprint density at radius 1 is 1.26 bits per heavy atom. The van der Waals surface area contributed by atoms with Crippen molar-refractivity contribution in [2.24, 2.45) is 5.92 Å². The number of methoxy groups -OCH3 is 1. The van der Waals surface area contributed by atoms with Gasteiger partial charge in [0.2, 0.25) is 0 Å². The SMILES string of the molecule is COc1cc(N)cc(N2CCC(CN(C)C)CC2)c1. The highest BCUT2D eigenvalue weighted by Gasteiger charge is 2.20. The van der Waals surface area contributed by atoms with Crippen LogP contribution >= 0.6 is 0 Å². The van der Waals surface area contributed by atoms with Crippen LogP contribution in [-0.2, 0) is 0 Å². The molecule has 4 heteroatoms. The summed E-state index contributed by atoms with van der Waals surface area (Å²) in [5.74, 6) is 1.65. The van der Waals surface area contributed by atoms with E-state index in [2.05, 4.69) is 30.0 Å². The van der Waals surface area contributed by atoms with Gasteiger partial charge < -0.3 is 20.3 Å². The predicted molar refractivity (Wildman–Crippen MR) is 80.9 cm³/mol. The Kier molecular flexibility index (Phi) is 4.53. The minimum absolute atomic E-state index is 0.768. The van der Waals surface area contributed by atoms with Gasteiger partial charge in [-0.05, 0) is 38.9 Å². The summed E-state index contributed by atoms with van der Waals surface area (Å²) in [6.45, 7) is 3.39. The van der Waals surface area contributed by atoms with Crippen molar-refractivity contribution in [3.05, 3.63) is 18.2 Å². The van der Waals surface area contributed by atoms with Crippen LogP contribution in [0.25, 0.3) is 0 Å². The van der Waals surface area contributed by atoms with Gasteiger partial charge in [0.25, 0.3) is 0 Å². The fraction of sp³-hybridized carbons (Fsp3) is 0.600. The molecule has 1 aromatic rings. The van der Waals surface area contributed by atoms with Crippen LogP contribution in [0.1, 0.15) is 12.8 Å². The largest absolute Gasteiger partial charge is 0.497 e. The molecule has 0 aromatic heterocycles. The van der Waals surface area contributed by atoms with Crippen molar-refractivity contribution in [3.63, 3.8) is 0 Å². The average Bonchev–Trinajstić information content (AvgIpc) is 2.38. The third-order valence-corrected chi connectivity index (χ3v) is 3.75. The minimum atomic E-state index is 0.768. The van der Waals surface area contributed by atoms with E-state index in [1.54, 1.807) is 7.11 Å². The van der Waals surface area contributed by atoms with Crippen molar-refractivity contribution in [1.29, 1.82) is 0 Å². The lowest BCUT2D eigenvalue weighted by molar-refractivity contribution is 0.285. The summed E-state index contributed by atoms with van der Waals surface area (Å²) in [5, 5.41) is 0. The lowest BCUT2D eigenvalue weighted by Crippen LogP contribution is -2.37. The van der Waals surface area contributed by atoms with Crippen LogP contribution in [0.5, 0.6) is 5.75 Å². The molecule has 0 atom stereocenters. The molecule has 4 nitrogen and oxygen atoms in total. The van der Waals surface area contributed by atoms with E-state index in [9.17, 15) is 0 Å². The number of piperidine rings is 1. The summed E-state index contributed by atoms with van der Waals surface area (Å²) in [6.07, 6.45) is 2.49. The Labute approximate surface area is 116 Å². The summed E-state index contributed by atoms with van der Waals surface area (Å²) < 4.78 is 5.29. The van der Waals surface area contributed by atoms with Crippen LogP contribution in [0.4, 0.5) is 11.4 Å². The van der Waals surface area contributed by atoms with Crippen molar-refractivity contribution < 1.29 is 4.74 Å². The zero-order valence-electron chi connectivity index (χ0n) is 12.2. The number of ether oxygens (including phenoxy) is 1. The molecule has 106 valence electrons. The minimum Gasteiger partial charge on any atom is -0.497 e. The predicted octanol–water partition coefficient (Wildman–Crippen LogP) is 2.06. The van der Waals surface area contributed by atoms with Gasteiger partial charge in [-0.25, -0.2) is 0 Å². The number of hydrogen-bond donors (Lipinski definition) is 1. The molecule has 2 N–H and O–H groups in total. The Morgan fingerprint density at radius 2 is 1.95 bits per heavy atom. The van der Waals surface area contributed by atoms with Crippen LogP contribution in [0.2, 0.25) is 0 Å². The molecular weight excluding hydrogens is 238 g/mol. The molecule has 1 aromatic carbocycles. The second kappa shape index (κ2) is 6.15. The Hall–Kier alpha value is -1.42. The molecular formula is C15H25N3O. The molecule has 1 saturated heterocycles. The van der Waals surface area contributed by atoms with E-state index in [0.29, 0.717) is 0 Å². The first-order valence-corrected chi connectivity index (χ1v) is 6.92. The fourth-order valence-electron chi connectivity index (χ4n) is 2.80. The van der Waals surface area contributed by atoms with Crippen molar-refractivity contribution in [2.45, 2.75) is 12.8 Å². The molecule has 1 fully saturated rings. The summed E-state index contributed by atoms with van der Waals surface area (Å²) >= 11 is 0. The Balaban J connectivity index is 1.99. The highest BCUT2D eigenvalue weighted by molar-refractivity contribution is 5.60. The molecule has 19 heavy (non-hydrogen) atoms. The molecule has 0 spiro atoms. The number of rotatable bonds is 4. The third-order valence-electron chi connectivity index (χ3n) is 3.75. The number of benzene rings is 1. The van der Waals surface area contributed by atoms with E-state index < -0.39 is 0 Å². The smallest absolute Gasteiger partial charge is 0.122 e. The monoisotopic (exact) mass is 263 g/mol. The van der Waals surface area contributed by atoms with E-state index in [-0.39, 0.29) is 0 Å². The first-order chi connectivity index (χ1) is 9.08. The topological polar surface area (TPSA) is 41.7 Å². The molecule has 0 unspecified atom stereocenters. The maximum absolute atomic E-state index is 5.92. The van der Waals surface area contributed by atoms with Crippen LogP contribution in [0, 0.1) is 5.92 Å². The van der Waals surface area contributed by atoms with E-state index >= 15 is 0 Å². The number of hydrogen-bond acceptors (Lipinski definition) is 4. The van der Waals surface area contributed by atoms with Crippen molar-refractivity contribution in [1.82, 2.24) is 4.90 Å². The first kappa shape index (κ1) is 14.0. The standard InChI is InChI=1S/C15H25N3O/c1-17(2)11-12-4-6-18(7-5-12)14-8-13(16)9-15(10-14)19-3/h8-10,12H,4-7,11,16H2,1-3H3. The summed E-state index contributed by atoms with van der Waals surface area (Å²) in [4.78, 5) is 4.69. The fourth-order valence-corrected chi connectivity index (χ4v) is 2.80. The van der Waals surface area contributed by atoms with Crippen LogP contribution in [0.3, 0.4) is 0 Å². The second-order valence-electron chi connectivity index (χ2n) is 5.66. The molecule has 0 bridgehead atoms. The lowest BCUT2D eigenvalue weighted by atomic mass is 9.96. The number of anilines is 2. The van der Waals surface area contributed by atoms with Crippen LogP contribution in [-0.4, -0.2) is 45.7 Å². The van der Waals surface area contributed by atoms with Crippen molar-refractivity contribution in [2.75, 3.05) is 51.5 Å². The third kappa shape index (κ3) is 3.77. The van der Waals surface area contributed by atoms with E-state index in [1.807, 2.05) is 12.1 Å². The van der Waals surface area contributed by atoms with Gasteiger partial charge in [0.15, 0.2) is 0 Å². The lowest BCUT2D eigenvalue weighted by Gasteiger charge is -2.35. The van der Waals surface area contributed by atoms with Gasteiger partial charge in [-0.2, -0.15) is 0 Å². The Bertz CT molecular complexity index is 412. The van der Waals surface area contributed by atoms with Gasteiger partial charge >= 0.3 is 0 Å². The molecule has 2 rings (SSSR count). The maximum Gasteiger partial charge on any atom is 0.122 e. The molecule has 0 radical (unpaired) electrons. The molecule has 1 aliphatic heterocycles. The second-order valence-corrected chi connectivity index (χ2v) is 5.66. The zero-order valence-corrected chi connectivity index (χ0v) is 12.2.